The first-order valence-corrected chi connectivity index (χ1v) is 10.4. The average molecular weight is 425 g/mol. The van der Waals surface area contributed by atoms with Gasteiger partial charge in [-0.15, -0.1) is 0 Å². The number of hydrogen-bond donors (Lipinski definition) is 2. The summed E-state index contributed by atoms with van der Waals surface area (Å²) in [6, 6.07) is 25.1. The second-order valence-corrected chi connectivity index (χ2v) is 7.61. The molecule has 0 spiro atoms. The van der Waals surface area contributed by atoms with Crippen LogP contribution in [0.1, 0.15) is 28.4 Å². The molecule has 4 aromatic rings. The number of aromatic nitrogens is 2. The van der Waals surface area contributed by atoms with Gasteiger partial charge in [0.1, 0.15) is 5.69 Å². The number of aryl methyl sites for hydroxylation is 1. The Kier molecular flexibility index (Phi) is 6.12. The summed E-state index contributed by atoms with van der Waals surface area (Å²) in [6.07, 6.45) is 1.78. The lowest BCUT2D eigenvalue weighted by molar-refractivity contribution is -0.114. The predicted octanol–water partition coefficient (Wildman–Crippen LogP) is 5.12. The Morgan fingerprint density at radius 3 is 2.25 bits per heavy atom. The van der Waals surface area contributed by atoms with E-state index in [1.54, 1.807) is 23.0 Å². The topological polar surface area (TPSA) is 76.0 Å². The lowest BCUT2D eigenvalue weighted by atomic mass is 10.1. The first-order chi connectivity index (χ1) is 15.5. The Labute approximate surface area is 186 Å². The number of carbonyl (C=O) groups is 2. The number of benzene rings is 3. The molecule has 6 nitrogen and oxygen atoms in total. The van der Waals surface area contributed by atoms with Crippen molar-refractivity contribution in [2.45, 2.75) is 20.4 Å². The molecule has 4 rings (SSSR count). The van der Waals surface area contributed by atoms with Crippen LogP contribution in [0.15, 0.2) is 85.1 Å². The smallest absolute Gasteiger partial charge is 0.259 e. The number of carbonyl (C=O) groups excluding carboxylic acids is 2. The minimum atomic E-state index is -0.241. The molecule has 1 heterocycles. The van der Waals surface area contributed by atoms with Gasteiger partial charge in [-0.3, -0.25) is 14.3 Å². The summed E-state index contributed by atoms with van der Waals surface area (Å²) in [5.41, 5.74) is 5.34. The van der Waals surface area contributed by atoms with Crippen LogP contribution in [-0.2, 0) is 11.3 Å². The monoisotopic (exact) mass is 424 g/mol. The molecule has 0 aliphatic carbocycles. The molecular formula is C26H24N4O2. The van der Waals surface area contributed by atoms with Crippen molar-refractivity contribution in [3.8, 4) is 11.3 Å². The van der Waals surface area contributed by atoms with Crippen LogP contribution in [0.25, 0.3) is 11.3 Å². The maximum Gasteiger partial charge on any atom is 0.259 e. The van der Waals surface area contributed by atoms with Crippen LogP contribution in [0.5, 0.6) is 0 Å². The Morgan fingerprint density at radius 2 is 1.59 bits per heavy atom. The molecule has 0 unspecified atom stereocenters. The third-order valence-electron chi connectivity index (χ3n) is 5.04. The zero-order valence-electron chi connectivity index (χ0n) is 18.0. The Balaban J connectivity index is 1.63. The summed E-state index contributed by atoms with van der Waals surface area (Å²) in [4.78, 5) is 24.5. The highest BCUT2D eigenvalue weighted by atomic mass is 16.2. The number of anilines is 2. The molecule has 0 fully saturated rings. The van der Waals surface area contributed by atoms with E-state index in [1.165, 1.54) is 6.92 Å². The predicted molar refractivity (Wildman–Crippen MR) is 127 cm³/mol. The summed E-state index contributed by atoms with van der Waals surface area (Å²) in [5, 5.41) is 10.5. The highest BCUT2D eigenvalue weighted by Crippen LogP contribution is 2.25. The molecule has 0 aliphatic rings. The van der Waals surface area contributed by atoms with E-state index in [-0.39, 0.29) is 11.8 Å². The van der Waals surface area contributed by atoms with Crippen LogP contribution in [0.3, 0.4) is 0 Å². The number of nitrogens with one attached hydrogen (secondary N) is 2. The molecule has 0 aliphatic heterocycles. The highest BCUT2D eigenvalue weighted by molar-refractivity contribution is 6.08. The number of hydrogen-bond acceptors (Lipinski definition) is 3. The fraction of sp³-hybridized carbons (Fsp3) is 0.115. The van der Waals surface area contributed by atoms with Gasteiger partial charge in [-0.1, -0.05) is 60.7 Å². The number of amides is 2. The summed E-state index contributed by atoms with van der Waals surface area (Å²) >= 11 is 0. The van der Waals surface area contributed by atoms with Crippen molar-refractivity contribution in [1.82, 2.24) is 9.78 Å². The molecule has 0 saturated heterocycles. The summed E-state index contributed by atoms with van der Waals surface area (Å²) in [5.74, 6) is -0.377. The zero-order valence-corrected chi connectivity index (χ0v) is 18.0. The van der Waals surface area contributed by atoms with E-state index in [4.69, 9.17) is 5.10 Å². The van der Waals surface area contributed by atoms with Crippen molar-refractivity contribution in [3.05, 3.63) is 102 Å². The van der Waals surface area contributed by atoms with E-state index in [2.05, 4.69) is 10.6 Å². The van der Waals surface area contributed by atoms with Crippen LogP contribution in [0, 0.1) is 6.92 Å². The molecular weight excluding hydrogens is 400 g/mol. The van der Waals surface area contributed by atoms with Gasteiger partial charge in [0.05, 0.1) is 12.1 Å². The SMILES string of the molecule is CC(=O)Nc1ccc(NC(=O)c2cn(Cc3ccccc3)nc2-c2ccccc2)cc1C. The van der Waals surface area contributed by atoms with Crippen LogP contribution in [-0.4, -0.2) is 21.6 Å². The first-order valence-electron chi connectivity index (χ1n) is 10.4. The van der Waals surface area contributed by atoms with Gasteiger partial charge >= 0.3 is 0 Å². The van der Waals surface area contributed by atoms with Crippen molar-refractivity contribution in [1.29, 1.82) is 0 Å². The van der Waals surface area contributed by atoms with Crippen LogP contribution >= 0.6 is 0 Å². The van der Waals surface area contributed by atoms with Gasteiger partial charge in [-0.05, 0) is 36.2 Å². The van der Waals surface area contributed by atoms with E-state index < -0.39 is 0 Å². The maximum atomic E-state index is 13.2. The molecule has 2 N–H and O–H groups in total. The minimum absolute atomic E-state index is 0.136. The van der Waals surface area contributed by atoms with Crippen LogP contribution in [0.4, 0.5) is 11.4 Å². The fourth-order valence-electron chi connectivity index (χ4n) is 3.52. The molecule has 32 heavy (non-hydrogen) atoms. The maximum absolute atomic E-state index is 13.2. The Morgan fingerprint density at radius 1 is 0.906 bits per heavy atom. The van der Waals surface area contributed by atoms with Gasteiger partial charge in [0.25, 0.3) is 5.91 Å². The first kappa shape index (κ1) is 21.1. The number of rotatable bonds is 6. The quantitative estimate of drug-likeness (QED) is 0.451. The minimum Gasteiger partial charge on any atom is -0.326 e. The Bertz CT molecular complexity index is 1250. The standard InChI is InChI=1S/C26H24N4O2/c1-18-15-22(13-14-24(18)27-19(2)31)28-26(32)23-17-30(16-20-9-5-3-6-10-20)29-25(23)21-11-7-4-8-12-21/h3-15,17H,16H2,1-2H3,(H,27,31)(H,28,32). The van der Waals surface area contributed by atoms with Gasteiger partial charge in [-0.2, -0.15) is 5.10 Å². The van der Waals surface area contributed by atoms with Gasteiger partial charge in [0, 0.05) is 30.1 Å². The highest BCUT2D eigenvalue weighted by Gasteiger charge is 2.18. The van der Waals surface area contributed by atoms with Gasteiger partial charge in [-0.25, -0.2) is 0 Å². The molecule has 0 bridgehead atoms. The second kappa shape index (κ2) is 9.31. The molecule has 0 atom stereocenters. The lowest BCUT2D eigenvalue weighted by Crippen LogP contribution is -2.13. The summed E-state index contributed by atoms with van der Waals surface area (Å²) in [6.45, 7) is 3.92. The van der Waals surface area contributed by atoms with E-state index in [1.807, 2.05) is 73.7 Å². The normalized spacial score (nSPS) is 10.6. The second-order valence-electron chi connectivity index (χ2n) is 7.61. The van der Waals surface area contributed by atoms with E-state index in [0.717, 1.165) is 22.4 Å². The van der Waals surface area contributed by atoms with Crippen molar-refractivity contribution in [2.75, 3.05) is 10.6 Å². The largest absolute Gasteiger partial charge is 0.326 e. The molecule has 160 valence electrons. The van der Waals surface area contributed by atoms with Crippen molar-refractivity contribution >= 4 is 23.2 Å². The summed E-state index contributed by atoms with van der Waals surface area (Å²) in [7, 11) is 0. The number of nitrogens with zero attached hydrogens (tertiary/aromatic N) is 2. The van der Waals surface area contributed by atoms with Crippen molar-refractivity contribution in [2.24, 2.45) is 0 Å². The van der Waals surface area contributed by atoms with E-state index in [9.17, 15) is 9.59 Å². The van der Waals surface area contributed by atoms with Gasteiger partial charge in [0.2, 0.25) is 5.91 Å². The van der Waals surface area contributed by atoms with E-state index in [0.29, 0.717) is 23.5 Å². The van der Waals surface area contributed by atoms with E-state index >= 15 is 0 Å². The zero-order chi connectivity index (χ0) is 22.5. The molecule has 2 amide bonds. The Hall–Kier alpha value is -4.19. The van der Waals surface area contributed by atoms with Gasteiger partial charge in [0.15, 0.2) is 0 Å². The average Bonchev–Trinajstić information content (AvgIpc) is 3.21. The van der Waals surface area contributed by atoms with Crippen LogP contribution in [0.2, 0.25) is 0 Å². The molecule has 0 saturated carbocycles. The third-order valence-corrected chi connectivity index (χ3v) is 5.04. The van der Waals surface area contributed by atoms with Gasteiger partial charge < -0.3 is 10.6 Å². The van der Waals surface area contributed by atoms with Crippen molar-refractivity contribution < 1.29 is 9.59 Å². The molecule has 0 radical (unpaired) electrons. The third kappa shape index (κ3) is 4.92. The molecule has 6 heteroatoms. The van der Waals surface area contributed by atoms with Crippen molar-refractivity contribution in [3.63, 3.8) is 0 Å². The van der Waals surface area contributed by atoms with Crippen LogP contribution < -0.4 is 10.6 Å². The lowest BCUT2D eigenvalue weighted by Gasteiger charge is -2.10. The summed E-state index contributed by atoms with van der Waals surface area (Å²) < 4.78 is 1.79. The fourth-order valence-corrected chi connectivity index (χ4v) is 3.52. The molecule has 3 aromatic carbocycles. The molecule has 1 aromatic heterocycles.